The summed E-state index contributed by atoms with van der Waals surface area (Å²) in [5, 5.41) is 6.68. The van der Waals surface area contributed by atoms with Gasteiger partial charge in [-0.25, -0.2) is 0 Å². The van der Waals surface area contributed by atoms with E-state index in [4.69, 9.17) is 11.6 Å². The molecule has 2 fully saturated rings. The molecule has 2 N–H and O–H groups in total. The molecule has 4 atom stereocenters. The Kier molecular flexibility index (Phi) is 8.09. The SMILES string of the molecule is CC(=O)N[C@@H]1CC[C@H](C(=O)N[C@@H](C(=O)N2CCC(c3ccc(Cl)cc3)C(C)(C)C2)C(C)C)C1. The summed E-state index contributed by atoms with van der Waals surface area (Å²) in [5.41, 5.74) is 1.16. The van der Waals surface area contributed by atoms with E-state index in [1.807, 2.05) is 30.9 Å². The molecule has 3 amide bonds. The third kappa shape index (κ3) is 6.28. The average molecular weight is 476 g/mol. The summed E-state index contributed by atoms with van der Waals surface area (Å²) in [5.74, 6) is 0.0210. The summed E-state index contributed by atoms with van der Waals surface area (Å²) in [6.07, 6.45) is 3.03. The van der Waals surface area contributed by atoms with E-state index >= 15 is 0 Å². The molecule has 1 aromatic carbocycles. The lowest BCUT2D eigenvalue weighted by Crippen LogP contribution is -2.56. The van der Waals surface area contributed by atoms with Crippen LogP contribution in [0.15, 0.2) is 24.3 Å². The molecular weight excluding hydrogens is 438 g/mol. The van der Waals surface area contributed by atoms with Gasteiger partial charge in [0.25, 0.3) is 0 Å². The predicted molar refractivity (Wildman–Crippen MR) is 131 cm³/mol. The summed E-state index contributed by atoms with van der Waals surface area (Å²) >= 11 is 6.06. The van der Waals surface area contributed by atoms with Crippen LogP contribution >= 0.6 is 11.6 Å². The van der Waals surface area contributed by atoms with Crippen LogP contribution in [0.2, 0.25) is 5.02 Å². The Balaban J connectivity index is 1.63. The number of carbonyl (C=O) groups excluding carboxylic acids is 3. The molecule has 1 saturated heterocycles. The molecule has 2 aliphatic rings. The minimum atomic E-state index is -0.541. The normalized spacial score (nSPS) is 25.5. The Morgan fingerprint density at radius 3 is 2.33 bits per heavy atom. The maximum atomic E-state index is 13.5. The Labute approximate surface area is 202 Å². The number of piperidine rings is 1. The maximum Gasteiger partial charge on any atom is 0.245 e. The number of hydrogen-bond donors (Lipinski definition) is 2. The number of nitrogens with one attached hydrogen (secondary N) is 2. The lowest BCUT2D eigenvalue weighted by atomic mass is 9.70. The number of hydrogen-bond acceptors (Lipinski definition) is 3. The Morgan fingerprint density at radius 2 is 1.76 bits per heavy atom. The summed E-state index contributed by atoms with van der Waals surface area (Å²) < 4.78 is 0. The van der Waals surface area contributed by atoms with Gasteiger partial charge < -0.3 is 15.5 Å². The lowest BCUT2D eigenvalue weighted by molar-refractivity contribution is -0.141. The zero-order chi connectivity index (χ0) is 24.3. The fraction of sp³-hybridized carbons (Fsp3) is 0.654. The first-order chi connectivity index (χ1) is 15.5. The highest BCUT2D eigenvalue weighted by molar-refractivity contribution is 6.30. The molecule has 3 rings (SSSR count). The van der Waals surface area contributed by atoms with Gasteiger partial charge in [-0.3, -0.25) is 14.4 Å². The van der Waals surface area contributed by atoms with Crippen molar-refractivity contribution in [1.29, 1.82) is 0 Å². The van der Waals surface area contributed by atoms with Crippen LogP contribution in [0.3, 0.4) is 0 Å². The van der Waals surface area contributed by atoms with E-state index in [-0.39, 0.29) is 41.0 Å². The Morgan fingerprint density at radius 1 is 1.09 bits per heavy atom. The van der Waals surface area contributed by atoms with E-state index in [1.54, 1.807) is 0 Å². The van der Waals surface area contributed by atoms with Crippen LogP contribution in [-0.4, -0.2) is 47.8 Å². The number of benzene rings is 1. The first-order valence-electron chi connectivity index (χ1n) is 12.1. The summed E-state index contributed by atoms with van der Waals surface area (Å²) in [7, 11) is 0. The molecule has 1 aliphatic carbocycles. The molecule has 1 aromatic rings. The van der Waals surface area contributed by atoms with E-state index < -0.39 is 6.04 Å². The van der Waals surface area contributed by atoms with Crippen molar-refractivity contribution in [3.05, 3.63) is 34.9 Å². The minimum absolute atomic E-state index is 0.00242. The van der Waals surface area contributed by atoms with Gasteiger partial charge in [0.15, 0.2) is 0 Å². The van der Waals surface area contributed by atoms with Crippen molar-refractivity contribution >= 4 is 29.3 Å². The van der Waals surface area contributed by atoms with Gasteiger partial charge in [0.2, 0.25) is 17.7 Å². The Hall–Kier alpha value is -2.08. The second-order valence-electron chi connectivity index (χ2n) is 10.8. The van der Waals surface area contributed by atoms with Crippen molar-refractivity contribution < 1.29 is 14.4 Å². The zero-order valence-electron chi connectivity index (χ0n) is 20.5. The average Bonchev–Trinajstić information content (AvgIpc) is 3.19. The van der Waals surface area contributed by atoms with Crippen LogP contribution in [0.5, 0.6) is 0 Å². The monoisotopic (exact) mass is 475 g/mol. The van der Waals surface area contributed by atoms with Crippen LogP contribution in [-0.2, 0) is 14.4 Å². The number of carbonyl (C=O) groups is 3. The number of amides is 3. The molecule has 6 nitrogen and oxygen atoms in total. The third-order valence-corrected chi connectivity index (χ3v) is 7.51. The molecule has 0 bridgehead atoms. The van der Waals surface area contributed by atoms with Crippen molar-refractivity contribution in [2.75, 3.05) is 13.1 Å². The molecule has 7 heteroatoms. The van der Waals surface area contributed by atoms with Gasteiger partial charge >= 0.3 is 0 Å². The number of likely N-dealkylation sites (tertiary alicyclic amines) is 1. The first-order valence-corrected chi connectivity index (χ1v) is 12.5. The third-order valence-electron chi connectivity index (χ3n) is 7.25. The van der Waals surface area contributed by atoms with Gasteiger partial charge in [-0.2, -0.15) is 0 Å². The molecule has 0 radical (unpaired) electrons. The molecule has 182 valence electrons. The molecular formula is C26H38ClN3O3. The van der Waals surface area contributed by atoms with Crippen molar-refractivity contribution in [2.45, 2.75) is 78.3 Å². The molecule has 1 heterocycles. The van der Waals surface area contributed by atoms with Crippen molar-refractivity contribution in [3.63, 3.8) is 0 Å². The standard InChI is InChI=1S/C26H38ClN3O3/c1-16(2)23(29-24(32)19-8-11-21(14-19)28-17(3)31)25(33)30-13-12-22(26(4,5)15-30)18-6-9-20(27)10-7-18/h6-7,9-10,16,19,21-23H,8,11-15H2,1-5H3,(H,28,31)(H,29,32)/t19-,21+,22?,23+/m0/s1. The largest absolute Gasteiger partial charge is 0.354 e. The molecule has 33 heavy (non-hydrogen) atoms. The zero-order valence-corrected chi connectivity index (χ0v) is 21.2. The van der Waals surface area contributed by atoms with Crippen LogP contribution in [0.25, 0.3) is 0 Å². The van der Waals surface area contributed by atoms with E-state index in [1.165, 1.54) is 12.5 Å². The highest BCUT2D eigenvalue weighted by atomic mass is 35.5. The van der Waals surface area contributed by atoms with E-state index in [0.717, 1.165) is 24.3 Å². The van der Waals surface area contributed by atoms with Crippen LogP contribution in [0.1, 0.15) is 71.8 Å². The van der Waals surface area contributed by atoms with E-state index in [9.17, 15) is 14.4 Å². The van der Waals surface area contributed by atoms with Gasteiger partial charge in [0.05, 0.1) is 0 Å². The minimum Gasteiger partial charge on any atom is -0.354 e. The van der Waals surface area contributed by atoms with Crippen LogP contribution < -0.4 is 10.6 Å². The summed E-state index contributed by atoms with van der Waals surface area (Å²) in [6, 6.07) is 7.51. The van der Waals surface area contributed by atoms with Gasteiger partial charge in [-0.1, -0.05) is 51.4 Å². The highest BCUT2D eigenvalue weighted by Gasteiger charge is 2.41. The predicted octanol–water partition coefficient (Wildman–Crippen LogP) is 4.13. The van der Waals surface area contributed by atoms with Crippen molar-refractivity contribution in [3.8, 4) is 0 Å². The summed E-state index contributed by atoms with van der Waals surface area (Å²) in [6.45, 7) is 11.2. The number of rotatable bonds is 6. The van der Waals surface area contributed by atoms with Crippen molar-refractivity contribution in [1.82, 2.24) is 15.5 Å². The van der Waals surface area contributed by atoms with Gasteiger partial charge in [-0.15, -0.1) is 0 Å². The number of nitrogens with zero attached hydrogens (tertiary/aromatic N) is 1. The van der Waals surface area contributed by atoms with Gasteiger partial charge in [0, 0.05) is 37.0 Å². The fourth-order valence-corrected chi connectivity index (χ4v) is 5.60. The first kappa shape index (κ1) is 25.5. The van der Waals surface area contributed by atoms with Gasteiger partial charge in [0.1, 0.15) is 6.04 Å². The Bertz CT molecular complexity index is 868. The van der Waals surface area contributed by atoms with Gasteiger partial charge in [-0.05, 0) is 60.6 Å². The lowest BCUT2D eigenvalue weighted by Gasteiger charge is -2.46. The smallest absolute Gasteiger partial charge is 0.245 e. The number of halogens is 1. The second-order valence-corrected chi connectivity index (χ2v) is 11.2. The highest BCUT2D eigenvalue weighted by Crippen LogP contribution is 2.42. The second kappa shape index (κ2) is 10.5. The topological polar surface area (TPSA) is 78.5 Å². The molecule has 1 saturated carbocycles. The molecule has 0 spiro atoms. The fourth-order valence-electron chi connectivity index (χ4n) is 5.48. The van der Waals surface area contributed by atoms with Crippen molar-refractivity contribution in [2.24, 2.45) is 17.3 Å². The van der Waals surface area contributed by atoms with E-state index in [2.05, 4.69) is 36.6 Å². The molecule has 1 aliphatic heterocycles. The summed E-state index contributed by atoms with van der Waals surface area (Å²) in [4.78, 5) is 39.7. The van der Waals surface area contributed by atoms with Crippen LogP contribution in [0, 0.1) is 17.3 Å². The van der Waals surface area contributed by atoms with E-state index in [0.29, 0.717) is 25.4 Å². The maximum absolute atomic E-state index is 13.5. The molecule has 0 aromatic heterocycles. The molecule has 1 unspecified atom stereocenters. The quantitative estimate of drug-likeness (QED) is 0.649. The van der Waals surface area contributed by atoms with Crippen LogP contribution in [0.4, 0.5) is 0 Å².